The molecule has 0 heterocycles. The molecule has 0 bridgehead atoms. The van der Waals surface area contributed by atoms with Crippen molar-refractivity contribution in [3.05, 3.63) is 65.2 Å². The highest BCUT2D eigenvalue weighted by atomic mass is 35.5. The van der Waals surface area contributed by atoms with Crippen molar-refractivity contribution in [2.75, 3.05) is 6.54 Å². The number of rotatable bonds is 6. The van der Waals surface area contributed by atoms with Crippen molar-refractivity contribution < 1.29 is 14.3 Å². The number of Topliss-reactive ketones (excluding diaryl/α,β-unsaturated/α-hetero) is 1. The number of ketones is 1. The minimum absolute atomic E-state index is 0.133. The predicted octanol–water partition coefficient (Wildman–Crippen LogP) is 4.26. The van der Waals surface area contributed by atoms with Crippen LogP contribution in [-0.2, 0) is 15.1 Å². The number of ether oxygens (including phenoxy) is 1. The molecule has 0 aromatic heterocycles. The third-order valence-corrected chi connectivity index (χ3v) is 5.08. The normalized spacial score (nSPS) is 20.0. The Morgan fingerprint density at radius 2 is 1.81 bits per heavy atom. The Balaban J connectivity index is 1.68. The van der Waals surface area contributed by atoms with E-state index in [-0.39, 0.29) is 18.2 Å². The van der Waals surface area contributed by atoms with E-state index < -0.39 is 5.54 Å². The third kappa shape index (κ3) is 4.14. The minimum Gasteiger partial charge on any atom is -0.426 e. The maximum Gasteiger partial charge on any atom is 0.312 e. The summed E-state index contributed by atoms with van der Waals surface area (Å²) < 4.78 is 5.30. The Morgan fingerprint density at radius 1 is 1.08 bits per heavy atom. The number of hydrogen-bond donors (Lipinski definition) is 1. The van der Waals surface area contributed by atoms with Crippen LogP contribution >= 0.6 is 11.6 Å². The largest absolute Gasteiger partial charge is 0.426 e. The van der Waals surface area contributed by atoms with E-state index in [0.29, 0.717) is 30.2 Å². The van der Waals surface area contributed by atoms with E-state index in [1.54, 1.807) is 18.2 Å². The standard InChI is InChI=1S/C21H22ClNO3/c22-18-11-5-4-10-17(18)21(14-7-6-12-19(21)24)23-15-13-20(25)26-16-8-2-1-3-9-16/h1-5,8-11,23H,6-7,12-15H2. The number of esters is 1. The van der Waals surface area contributed by atoms with Crippen LogP contribution < -0.4 is 10.1 Å². The monoisotopic (exact) mass is 371 g/mol. The molecule has 4 nitrogen and oxygen atoms in total. The predicted molar refractivity (Wildman–Crippen MR) is 101 cm³/mol. The van der Waals surface area contributed by atoms with Gasteiger partial charge in [0.05, 0.1) is 6.42 Å². The molecule has 1 saturated carbocycles. The number of hydrogen-bond acceptors (Lipinski definition) is 4. The zero-order chi connectivity index (χ0) is 18.4. The van der Waals surface area contributed by atoms with E-state index >= 15 is 0 Å². The Labute approximate surface area is 158 Å². The van der Waals surface area contributed by atoms with Crippen LogP contribution in [0.3, 0.4) is 0 Å². The quantitative estimate of drug-likeness (QED) is 0.608. The van der Waals surface area contributed by atoms with Crippen molar-refractivity contribution in [3.63, 3.8) is 0 Å². The van der Waals surface area contributed by atoms with Crippen molar-refractivity contribution in [3.8, 4) is 5.75 Å². The molecule has 1 unspecified atom stereocenters. The van der Waals surface area contributed by atoms with Gasteiger partial charge in [-0.25, -0.2) is 0 Å². The van der Waals surface area contributed by atoms with Crippen molar-refractivity contribution in [1.82, 2.24) is 5.32 Å². The highest BCUT2D eigenvalue weighted by Gasteiger charge is 2.42. The highest BCUT2D eigenvalue weighted by Crippen LogP contribution is 2.37. The van der Waals surface area contributed by atoms with E-state index in [0.717, 1.165) is 18.4 Å². The molecule has 0 spiro atoms. The topological polar surface area (TPSA) is 55.4 Å². The summed E-state index contributed by atoms with van der Waals surface area (Å²) in [5.74, 6) is 0.321. The number of carbonyl (C=O) groups is 2. The van der Waals surface area contributed by atoms with Crippen LogP contribution in [0.1, 0.15) is 37.7 Å². The van der Waals surface area contributed by atoms with Gasteiger partial charge in [-0.15, -0.1) is 0 Å². The van der Waals surface area contributed by atoms with Crippen molar-refractivity contribution in [1.29, 1.82) is 0 Å². The van der Waals surface area contributed by atoms with Gasteiger partial charge in [-0.05, 0) is 36.6 Å². The van der Waals surface area contributed by atoms with Crippen LogP contribution in [0, 0.1) is 0 Å². The van der Waals surface area contributed by atoms with Gasteiger partial charge in [-0.3, -0.25) is 9.59 Å². The zero-order valence-corrected chi connectivity index (χ0v) is 15.3. The Bertz CT molecular complexity index is 778. The summed E-state index contributed by atoms with van der Waals surface area (Å²) in [5.41, 5.74) is -0.0216. The van der Waals surface area contributed by atoms with Gasteiger partial charge in [0.2, 0.25) is 0 Å². The zero-order valence-electron chi connectivity index (χ0n) is 14.5. The molecular weight excluding hydrogens is 350 g/mol. The summed E-state index contributed by atoms with van der Waals surface area (Å²) in [5, 5.41) is 3.90. The molecular formula is C21H22ClNO3. The summed E-state index contributed by atoms with van der Waals surface area (Å²) >= 11 is 6.38. The van der Waals surface area contributed by atoms with E-state index in [1.165, 1.54) is 0 Å². The van der Waals surface area contributed by atoms with Crippen LogP contribution in [0.25, 0.3) is 0 Å². The summed E-state index contributed by atoms with van der Waals surface area (Å²) in [4.78, 5) is 24.9. The molecule has 0 aliphatic heterocycles. The Hall–Kier alpha value is -2.17. The van der Waals surface area contributed by atoms with Crippen molar-refractivity contribution >= 4 is 23.4 Å². The van der Waals surface area contributed by atoms with E-state index in [4.69, 9.17) is 16.3 Å². The fourth-order valence-electron chi connectivity index (χ4n) is 3.45. The molecule has 0 saturated heterocycles. The molecule has 5 heteroatoms. The van der Waals surface area contributed by atoms with Crippen molar-refractivity contribution in [2.45, 2.75) is 37.6 Å². The first kappa shape index (κ1) is 18.6. The molecule has 0 amide bonds. The molecule has 136 valence electrons. The van der Waals surface area contributed by atoms with Crippen molar-refractivity contribution in [2.24, 2.45) is 0 Å². The second-order valence-corrected chi connectivity index (χ2v) is 6.89. The second kappa shape index (κ2) is 8.47. The lowest BCUT2D eigenvalue weighted by molar-refractivity contribution is -0.135. The molecule has 0 radical (unpaired) electrons. The van der Waals surface area contributed by atoms with Crippen LogP contribution in [0.15, 0.2) is 54.6 Å². The molecule has 26 heavy (non-hydrogen) atoms. The summed E-state index contributed by atoms with van der Waals surface area (Å²) in [6, 6.07) is 16.4. The minimum atomic E-state index is -0.816. The fourth-order valence-corrected chi connectivity index (χ4v) is 3.75. The van der Waals surface area contributed by atoms with Crippen LogP contribution in [0.4, 0.5) is 0 Å². The number of halogens is 1. The van der Waals surface area contributed by atoms with Gasteiger partial charge in [0, 0.05) is 18.0 Å². The average molecular weight is 372 g/mol. The molecule has 1 fully saturated rings. The second-order valence-electron chi connectivity index (χ2n) is 6.48. The van der Waals surface area contributed by atoms with Gasteiger partial charge in [0.1, 0.15) is 11.3 Å². The average Bonchev–Trinajstić information content (AvgIpc) is 2.65. The molecule has 1 N–H and O–H groups in total. The molecule has 1 atom stereocenters. The van der Waals surface area contributed by atoms with E-state index in [9.17, 15) is 9.59 Å². The number of benzene rings is 2. The van der Waals surface area contributed by atoms with Crippen LogP contribution in [0.2, 0.25) is 5.02 Å². The van der Waals surface area contributed by atoms with Gasteiger partial charge in [-0.1, -0.05) is 54.4 Å². The lowest BCUT2D eigenvalue weighted by Gasteiger charge is -2.37. The molecule has 1 aliphatic rings. The van der Waals surface area contributed by atoms with Crippen LogP contribution in [0.5, 0.6) is 5.75 Å². The third-order valence-electron chi connectivity index (χ3n) is 4.75. The van der Waals surface area contributed by atoms with Gasteiger partial charge in [-0.2, -0.15) is 0 Å². The van der Waals surface area contributed by atoms with Crippen LogP contribution in [-0.4, -0.2) is 18.3 Å². The summed E-state index contributed by atoms with van der Waals surface area (Å²) in [6.45, 7) is 0.350. The molecule has 2 aromatic carbocycles. The van der Waals surface area contributed by atoms with E-state index in [1.807, 2.05) is 36.4 Å². The molecule has 1 aliphatic carbocycles. The number of para-hydroxylation sites is 1. The van der Waals surface area contributed by atoms with E-state index in [2.05, 4.69) is 5.32 Å². The lowest BCUT2D eigenvalue weighted by atomic mass is 9.75. The van der Waals surface area contributed by atoms with Gasteiger partial charge in [0.25, 0.3) is 0 Å². The fraction of sp³-hybridized carbons (Fsp3) is 0.333. The first-order chi connectivity index (χ1) is 12.6. The first-order valence-electron chi connectivity index (χ1n) is 8.91. The lowest BCUT2D eigenvalue weighted by Crippen LogP contribution is -2.51. The maximum atomic E-state index is 12.8. The number of carbonyl (C=O) groups excluding carboxylic acids is 2. The van der Waals surface area contributed by atoms with Gasteiger partial charge >= 0.3 is 5.97 Å². The first-order valence-corrected chi connectivity index (χ1v) is 9.29. The van der Waals surface area contributed by atoms with Gasteiger partial charge in [0.15, 0.2) is 5.78 Å². The Kier molecular flexibility index (Phi) is 6.07. The molecule has 2 aromatic rings. The van der Waals surface area contributed by atoms with Gasteiger partial charge < -0.3 is 10.1 Å². The molecule has 3 rings (SSSR count). The highest BCUT2D eigenvalue weighted by molar-refractivity contribution is 6.31. The number of nitrogens with one attached hydrogen (secondary N) is 1. The summed E-state index contributed by atoms with van der Waals surface area (Å²) in [7, 11) is 0. The summed E-state index contributed by atoms with van der Waals surface area (Å²) in [6.07, 6.45) is 3.21. The smallest absolute Gasteiger partial charge is 0.312 e. The maximum absolute atomic E-state index is 12.8. The SMILES string of the molecule is O=C(CCNC1(c2ccccc2Cl)CCCCC1=O)Oc1ccccc1. The Morgan fingerprint density at radius 3 is 2.54 bits per heavy atom.